The van der Waals surface area contributed by atoms with Crippen LogP contribution in [0.2, 0.25) is 0 Å². The Morgan fingerprint density at radius 2 is 2.27 bits per heavy atom. The first-order chi connectivity index (χ1) is 5.22. The van der Waals surface area contributed by atoms with Crippen molar-refractivity contribution >= 4 is 6.21 Å². The maximum absolute atomic E-state index is 5.51. The summed E-state index contributed by atoms with van der Waals surface area (Å²) in [6.45, 7) is 8.30. The van der Waals surface area contributed by atoms with Crippen molar-refractivity contribution in [2.24, 2.45) is 22.6 Å². The van der Waals surface area contributed by atoms with Crippen LogP contribution in [0.1, 0.15) is 13.8 Å². The van der Waals surface area contributed by atoms with Crippen LogP contribution in [-0.2, 0) is 0 Å². The summed E-state index contributed by atoms with van der Waals surface area (Å²) in [7, 11) is 0. The fourth-order valence-corrected chi connectivity index (χ4v) is 0.711. The van der Waals surface area contributed by atoms with E-state index in [0.29, 0.717) is 18.4 Å². The van der Waals surface area contributed by atoms with Crippen LogP contribution in [0.25, 0.3) is 0 Å². The van der Waals surface area contributed by atoms with Crippen LogP contribution in [0.3, 0.4) is 0 Å². The number of aliphatic imine (C=N–C) groups is 1. The van der Waals surface area contributed by atoms with E-state index in [4.69, 9.17) is 5.73 Å². The number of hydrogen-bond donors (Lipinski definition) is 1. The largest absolute Gasteiger partial charge is 0.330 e. The van der Waals surface area contributed by atoms with Gasteiger partial charge < -0.3 is 5.73 Å². The first-order valence-corrected chi connectivity index (χ1v) is 3.80. The molecule has 0 aromatic carbocycles. The fourth-order valence-electron chi connectivity index (χ4n) is 0.711. The zero-order valence-electron chi connectivity index (χ0n) is 7.25. The van der Waals surface area contributed by atoms with E-state index in [1.54, 1.807) is 6.20 Å². The number of rotatable bonds is 4. The van der Waals surface area contributed by atoms with Crippen LogP contribution in [0.15, 0.2) is 23.5 Å². The number of hydrogen-bond acceptors (Lipinski definition) is 2. The van der Waals surface area contributed by atoms with Gasteiger partial charge in [0.25, 0.3) is 0 Å². The maximum Gasteiger partial charge on any atom is 0.0676 e. The molecule has 2 N–H and O–H groups in total. The molecule has 2 nitrogen and oxygen atoms in total. The molecule has 0 amide bonds. The maximum atomic E-state index is 5.51. The van der Waals surface area contributed by atoms with Crippen molar-refractivity contribution in [3.63, 3.8) is 0 Å². The predicted octanol–water partition coefficient (Wildman–Crippen LogP) is 1.59. The molecule has 62 valence electrons. The molecule has 0 saturated carbocycles. The molecule has 0 aromatic heterocycles. The molecule has 0 rings (SSSR count). The van der Waals surface area contributed by atoms with E-state index in [9.17, 15) is 0 Å². The van der Waals surface area contributed by atoms with E-state index in [1.807, 2.05) is 6.21 Å². The Bertz CT molecular complexity index is 164. The molecule has 0 fully saturated rings. The van der Waals surface area contributed by atoms with E-state index in [1.165, 1.54) is 0 Å². The summed E-state index contributed by atoms with van der Waals surface area (Å²) in [5, 5.41) is 0. The van der Waals surface area contributed by atoms with E-state index in [0.717, 1.165) is 0 Å². The Morgan fingerprint density at radius 1 is 1.64 bits per heavy atom. The summed E-state index contributed by atoms with van der Waals surface area (Å²) in [4.78, 5) is 3.98. The molecule has 0 aromatic rings. The lowest BCUT2D eigenvalue weighted by Crippen LogP contribution is -2.20. The average molecular weight is 152 g/mol. The van der Waals surface area contributed by atoms with Crippen molar-refractivity contribution in [1.29, 1.82) is 0 Å². The Morgan fingerprint density at radius 3 is 2.64 bits per heavy atom. The third-order valence-corrected chi connectivity index (χ3v) is 1.57. The van der Waals surface area contributed by atoms with Crippen molar-refractivity contribution < 1.29 is 0 Å². The number of nitrogens with zero attached hydrogens (tertiary/aromatic N) is 1. The minimum absolute atomic E-state index is 0.361. The normalized spacial score (nSPS) is 13.5. The van der Waals surface area contributed by atoms with Gasteiger partial charge in [0, 0.05) is 18.7 Å². The molecule has 1 atom stereocenters. The predicted molar refractivity (Wildman–Crippen MR) is 49.6 cm³/mol. The van der Waals surface area contributed by atoms with E-state index >= 15 is 0 Å². The molecule has 0 spiro atoms. The molecule has 0 saturated heterocycles. The lowest BCUT2D eigenvalue weighted by atomic mass is 9.98. The molecule has 0 aliphatic carbocycles. The highest BCUT2D eigenvalue weighted by Crippen LogP contribution is 2.05. The van der Waals surface area contributed by atoms with Crippen molar-refractivity contribution in [2.45, 2.75) is 13.8 Å². The summed E-state index contributed by atoms with van der Waals surface area (Å²) < 4.78 is 0. The van der Waals surface area contributed by atoms with Gasteiger partial charge in [-0.1, -0.05) is 20.4 Å². The van der Waals surface area contributed by atoms with E-state index < -0.39 is 0 Å². The SMILES string of the molecule is C=C=CN=CC(CN)C(C)C. The Kier molecular flexibility index (Phi) is 5.44. The van der Waals surface area contributed by atoms with E-state index in [-0.39, 0.29) is 0 Å². The highest BCUT2D eigenvalue weighted by atomic mass is 14.7. The summed E-state index contributed by atoms with van der Waals surface area (Å²) in [5.74, 6) is 0.904. The van der Waals surface area contributed by atoms with Crippen molar-refractivity contribution in [1.82, 2.24) is 0 Å². The Labute approximate surface area is 68.5 Å². The van der Waals surface area contributed by atoms with Gasteiger partial charge in [-0.3, -0.25) is 4.99 Å². The topological polar surface area (TPSA) is 38.4 Å². The van der Waals surface area contributed by atoms with Gasteiger partial charge in [-0.05, 0) is 5.92 Å². The average Bonchev–Trinajstić information content (AvgIpc) is 1.97. The zero-order chi connectivity index (χ0) is 8.69. The van der Waals surface area contributed by atoms with Crippen LogP contribution >= 0.6 is 0 Å². The van der Waals surface area contributed by atoms with Crippen LogP contribution in [0.5, 0.6) is 0 Å². The van der Waals surface area contributed by atoms with Gasteiger partial charge in [-0.2, -0.15) is 0 Å². The van der Waals surface area contributed by atoms with Crippen LogP contribution in [0, 0.1) is 11.8 Å². The molecule has 0 radical (unpaired) electrons. The molecule has 0 heterocycles. The molecule has 0 aliphatic rings. The minimum Gasteiger partial charge on any atom is -0.330 e. The highest BCUT2D eigenvalue weighted by Gasteiger charge is 2.06. The third-order valence-electron chi connectivity index (χ3n) is 1.57. The zero-order valence-corrected chi connectivity index (χ0v) is 7.25. The van der Waals surface area contributed by atoms with Gasteiger partial charge in [0.2, 0.25) is 0 Å². The molecule has 0 bridgehead atoms. The fraction of sp³-hybridized carbons (Fsp3) is 0.556. The smallest absolute Gasteiger partial charge is 0.0676 e. The summed E-state index contributed by atoms with van der Waals surface area (Å²) in [6.07, 6.45) is 3.40. The lowest BCUT2D eigenvalue weighted by Gasteiger charge is -2.11. The second-order valence-electron chi connectivity index (χ2n) is 2.77. The molecule has 1 unspecified atom stereocenters. The van der Waals surface area contributed by atoms with Crippen LogP contribution < -0.4 is 5.73 Å². The highest BCUT2D eigenvalue weighted by molar-refractivity contribution is 5.62. The minimum atomic E-state index is 0.361. The van der Waals surface area contributed by atoms with Gasteiger partial charge >= 0.3 is 0 Å². The Balaban J connectivity index is 3.96. The van der Waals surface area contributed by atoms with Crippen molar-refractivity contribution in [2.75, 3.05) is 6.54 Å². The van der Waals surface area contributed by atoms with E-state index in [2.05, 4.69) is 31.2 Å². The first kappa shape index (κ1) is 10.2. The standard InChI is InChI=1S/C9H16N2/c1-4-5-11-7-9(6-10)8(2)3/h5,7-9H,1,6,10H2,2-3H3. The second-order valence-corrected chi connectivity index (χ2v) is 2.77. The third kappa shape index (κ3) is 4.54. The lowest BCUT2D eigenvalue weighted by molar-refractivity contribution is 0.511. The molecular weight excluding hydrogens is 136 g/mol. The number of nitrogens with two attached hydrogens (primary N) is 1. The first-order valence-electron chi connectivity index (χ1n) is 3.80. The Hall–Kier alpha value is -0.850. The van der Waals surface area contributed by atoms with Crippen LogP contribution in [-0.4, -0.2) is 12.8 Å². The summed E-state index contributed by atoms with van der Waals surface area (Å²) in [6, 6.07) is 0. The van der Waals surface area contributed by atoms with Gasteiger partial charge in [0.1, 0.15) is 0 Å². The molecule has 2 heteroatoms. The van der Waals surface area contributed by atoms with Gasteiger partial charge in [0.15, 0.2) is 0 Å². The van der Waals surface area contributed by atoms with Gasteiger partial charge in [-0.15, -0.1) is 5.73 Å². The molecule has 11 heavy (non-hydrogen) atoms. The molecule has 0 aliphatic heterocycles. The van der Waals surface area contributed by atoms with Gasteiger partial charge in [0.05, 0.1) is 6.20 Å². The van der Waals surface area contributed by atoms with Gasteiger partial charge in [-0.25, -0.2) is 0 Å². The summed E-state index contributed by atoms with van der Waals surface area (Å²) in [5.41, 5.74) is 8.09. The monoisotopic (exact) mass is 152 g/mol. The molecular formula is C9H16N2. The summed E-state index contributed by atoms with van der Waals surface area (Å²) >= 11 is 0. The van der Waals surface area contributed by atoms with Crippen LogP contribution in [0.4, 0.5) is 0 Å². The van der Waals surface area contributed by atoms with Crippen molar-refractivity contribution in [3.8, 4) is 0 Å². The van der Waals surface area contributed by atoms with Crippen molar-refractivity contribution in [3.05, 3.63) is 18.5 Å². The second kappa shape index (κ2) is 5.90. The quantitative estimate of drug-likeness (QED) is 0.482.